The van der Waals surface area contributed by atoms with Gasteiger partial charge in [0.1, 0.15) is 5.82 Å². The Kier molecular flexibility index (Phi) is 4.36. The van der Waals surface area contributed by atoms with Crippen LogP contribution in [0.3, 0.4) is 0 Å². The zero-order valence-corrected chi connectivity index (χ0v) is 12.8. The second kappa shape index (κ2) is 6.29. The lowest BCUT2D eigenvalue weighted by molar-refractivity contribution is -0.0882. The number of ketones is 1. The highest BCUT2D eigenvalue weighted by Gasteiger charge is 2.40. The molecule has 2 aromatic heterocycles. The Morgan fingerprint density at radius 3 is 2.52 bits per heavy atom. The third kappa shape index (κ3) is 3.53. The van der Waals surface area contributed by atoms with Gasteiger partial charge in [-0.25, -0.2) is 4.98 Å². The van der Waals surface area contributed by atoms with Crippen molar-refractivity contribution in [2.75, 3.05) is 31.2 Å². The first-order chi connectivity index (χ1) is 10.9. The van der Waals surface area contributed by atoms with Crippen LogP contribution in [-0.4, -0.2) is 43.2 Å². The van der Waals surface area contributed by atoms with Crippen LogP contribution in [0.1, 0.15) is 9.67 Å². The van der Waals surface area contributed by atoms with Crippen molar-refractivity contribution in [2.45, 2.75) is 6.18 Å². The molecule has 0 radical (unpaired) electrons. The van der Waals surface area contributed by atoms with E-state index in [0.29, 0.717) is 23.7 Å². The molecule has 0 amide bonds. The molecule has 2 aromatic rings. The molecule has 0 unspecified atom stereocenters. The molecule has 8 heteroatoms. The number of carbonyl (C=O) groups excluding carboxylic acids is 1. The third-order valence-corrected chi connectivity index (χ3v) is 4.59. The van der Waals surface area contributed by atoms with Crippen molar-refractivity contribution in [3.63, 3.8) is 0 Å². The van der Waals surface area contributed by atoms with Gasteiger partial charge in [0.25, 0.3) is 5.78 Å². The summed E-state index contributed by atoms with van der Waals surface area (Å²) in [5.74, 6) is -1.01. The predicted octanol–water partition coefficient (Wildman–Crippen LogP) is 3.39. The quantitative estimate of drug-likeness (QED) is 0.802. The molecule has 1 fully saturated rings. The van der Waals surface area contributed by atoms with Gasteiger partial charge >= 0.3 is 6.18 Å². The number of pyridine rings is 1. The molecular weight excluding hydrogens is 329 g/mol. The van der Waals surface area contributed by atoms with Crippen LogP contribution < -0.4 is 4.90 Å². The second-order valence-corrected chi connectivity index (χ2v) is 6.08. The van der Waals surface area contributed by atoms with Gasteiger partial charge in [0, 0.05) is 29.7 Å². The fourth-order valence-electron chi connectivity index (χ4n) is 2.27. The number of alkyl halides is 3. The summed E-state index contributed by atoms with van der Waals surface area (Å²) >= 11 is 0.819. The number of thiophene rings is 1. The number of Topliss-reactive ketones (excluding diaryl/α,β-unsaturated/α-hetero) is 1. The lowest BCUT2D eigenvalue weighted by atomic mass is 10.2. The van der Waals surface area contributed by atoms with E-state index in [-0.39, 0.29) is 4.88 Å². The zero-order chi connectivity index (χ0) is 16.4. The highest BCUT2D eigenvalue weighted by molar-refractivity contribution is 7.17. The largest absolute Gasteiger partial charge is 0.455 e. The van der Waals surface area contributed by atoms with Gasteiger partial charge in [-0.15, -0.1) is 11.3 Å². The van der Waals surface area contributed by atoms with Crippen molar-refractivity contribution in [2.24, 2.45) is 0 Å². The summed E-state index contributed by atoms with van der Waals surface area (Å²) in [5, 5.41) is 0. The van der Waals surface area contributed by atoms with E-state index in [9.17, 15) is 18.0 Å². The molecule has 0 saturated carbocycles. The van der Waals surface area contributed by atoms with Gasteiger partial charge in [-0.2, -0.15) is 13.2 Å². The molecule has 0 bridgehead atoms. The van der Waals surface area contributed by atoms with Gasteiger partial charge in [-0.05, 0) is 24.3 Å². The Morgan fingerprint density at radius 2 is 1.91 bits per heavy atom. The number of anilines is 1. The molecule has 0 atom stereocenters. The first kappa shape index (κ1) is 15.9. The normalized spacial score (nSPS) is 15.7. The van der Waals surface area contributed by atoms with Crippen molar-refractivity contribution >= 4 is 22.9 Å². The monoisotopic (exact) mass is 342 g/mol. The Morgan fingerprint density at radius 1 is 1.17 bits per heavy atom. The molecule has 4 nitrogen and oxygen atoms in total. The summed E-state index contributed by atoms with van der Waals surface area (Å²) < 4.78 is 42.6. The Hall–Kier alpha value is -1.93. The molecule has 1 aliphatic heterocycles. The van der Waals surface area contributed by atoms with Gasteiger partial charge in [0.2, 0.25) is 0 Å². The maximum Gasteiger partial charge on any atom is 0.455 e. The standard InChI is InChI=1S/C15H13F3N2O2S/c16-15(17,18)14(21)12-3-2-11(23-12)10-1-4-13(19-9-10)20-5-7-22-8-6-20/h1-4,9H,5-8H2. The van der Waals surface area contributed by atoms with E-state index in [0.717, 1.165) is 30.2 Å². The van der Waals surface area contributed by atoms with Crippen LogP contribution in [0.4, 0.5) is 19.0 Å². The van der Waals surface area contributed by atoms with Gasteiger partial charge < -0.3 is 9.64 Å². The molecule has 0 spiro atoms. The van der Waals surface area contributed by atoms with Crippen LogP contribution in [0.25, 0.3) is 10.4 Å². The van der Waals surface area contributed by atoms with Gasteiger partial charge in [-0.3, -0.25) is 4.79 Å². The summed E-state index contributed by atoms with van der Waals surface area (Å²) in [6.07, 6.45) is -3.24. The van der Waals surface area contributed by atoms with E-state index in [1.54, 1.807) is 12.3 Å². The van der Waals surface area contributed by atoms with E-state index in [1.807, 2.05) is 6.07 Å². The van der Waals surface area contributed by atoms with E-state index < -0.39 is 12.0 Å². The molecule has 1 aliphatic rings. The van der Waals surface area contributed by atoms with Crippen LogP contribution in [-0.2, 0) is 4.74 Å². The van der Waals surface area contributed by atoms with Crippen molar-refractivity contribution in [1.29, 1.82) is 0 Å². The first-order valence-corrected chi connectivity index (χ1v) is 7.77. The summed E-state index contributed by atoms with van der Waals surface area (Å²) in [7, 11) is 0. The van der Waals surface area contributed by atoms with Crippen LogP contribution >= 0.6 is 11.3 Å². The minimum Gasteiger partial charge on any atom is -0.378 e. The fraction of sp³-hybridized carbons (Fsp3) is 0.333. The minimum atomic E-state index is -4.85. The summed E-state index contributed by atoms with van der Waals surface area (Å²) in [5.41, 5.74) is 0.688. The lowest BCUT2D eigenvalue weighted by Gasteiger charge is -2.27. The maximum atomic E-state index is 12.4. The Bertz CT molecular complexity index is 691. The number of aromatic nitrogens is 1. The number of nitrogens with zero attached hydrogens (tertiary/aromatic N) is 2. The fourth-order valence-corrected chi connectivity index (χ4v) is 3.22. The molecule has 23 heavy (non-hydrogen) atoms. The summed E-state index contributed by atoms with van der Waals surface area (Å²) in [6.45, 7) is 2.82. The van der Waals surface area contributed by atoms with Crippen molar-refractivity contribution < 1.29 is 22.7 Å². The Labute approximate surface area is 134 Å². The number of rotatable bonds is 3. The summed E-state index contributed by atoms with van der Waals surface area (Å²) in [6, 6.07) is 6.33. The number of hydrogen-bond donors (Lipinski definition) is 0. The zero-order valence-electron chi connectivity index (χ0n) is 12.0. The van der Waals surface area contributed by atoms with Gasteiger partial charge in [0.05, 0.1) is 18.1 Å². The van der Waals surface area contributed by atoms with E-state index in [2.05, 4.69) is 9.88 Å². The van der Waals surface area contributed by atoms with E-state index in [4.69, 9.17) is 4.74 Å². The smallest absolute Gasteiger partial charge is 0.378 e. The molecule has 3 rings (SSSR count). The lowest BCUT2D eigenvalue weighted by Crippen LogP contribution is -2.36. The number of ether oxygens (including phenoxy) is 1. The first-order valence-electron chi connectivity index (χ1n) is 6.95. The molecule has 0 N–H and O–H groups in total. The second-order valence-electron chi connectivity index (χ2n) is 5.00. The number of halogens is 3. The molecule has 0 aromatic carbocycles. The average molecular weight is 342 g/mol. The number of morpholine rings is 1. The van der Waals surface area contributed by atoms with Crippen LogP contribution in [0.5, 0.6) is 0 Å². The number of carbonyl (C=O) groups is 1. The average Bonchev–Trinajstić information content (AvgIpc) is 3.04. The predicted molar refractivity (Wildman–Crippen MR) is 81.0 cm³/mol. The third-order valence-electron chi connectivity index (χ3n) is 3.45. The molecular formula is C15H13F3N2O2S. The highest BCUT2D eigenvalue weighted by atomic mass is 32.1. The number of hydrogen-bond acceptors (Lipinski definition) is 5. The Balaban J connectivity index is 1.77. The molecule has 3 heterocycles. The van der Waals surface area contributed by atoms with E-state index >= 15 is 0 Å². The van der Waals surface area contributed by atoms with Gasteiger partial charge in [-0.1, -0.05) is 0 Å². The van der Waals surface area contributed by atoms with Crippen molar-refractivity contribution in [3.8, 4) is 10.4 Å². The van der Waals surface area contributed by atoms with Crippen LogP contribution in [0.2, 0.25) is 0 Å². The topological polar surface area (TPSA) is 42.4 Å². The highest BCUT2D eigenvalue weighted by Crippen LogP contribution is 2.32. The van der Waals surface area contributed by atoms with Crippen molar-refractivity contribution in [3.05, 3.63) is 35.3 Å². The SMILES string of the molecule is O=C(c1ccc(-c2ccc(N3CCOCC3)nc2)s1)C(F)(F)F. The minimum absolute atomic E-state index is 0.315. The van der Waals surface area contributed by atoms with Gasteiger partial charge in [0.15, 0.2) is 0 Å². The maximum absolute atomic E-state index is 12.4. The van der Waals surface area contributed by atoms with Crippen LogP contribution in [0.15, 0.2) is 30.5 Å². The van der Waals surface area contributed by atoms with E-state index in [1.165, 1.54) is 12.1 Å². The van der Waals surface area contributed by atoms with Crippen molar-refractivity contribution in [1.82, 2.24) is 4.98 Å². The molecule has 0 aliphatic carbocycles. The van der Waals surface area contributed by atoms with Crippen LogP contribution in [0, 0.1) is 0 Å². The molecule has 122 valence electrons. The molecule has 1 saturated heterocycles. The summed E-state index contributed by atoms with van der Waals surface area (Å²) in [4.78, 5) is 17.9.